The zero-order chi connectivity index (χ0) is 16.2. The summed E-state index contributed by atoms with van der Waals surface area (Å²) in [4.78, 5) is 0. The van der Waals surface area contributed by atoms with E-state index in [0.717, 1.165) is 33.6 Å². The SMILES string of the molecule is Cc1ccc(-c2cc(NN)ccc2-c2ccc(NN)cc2)cc1. The van der Waals surface area contributed by atoms with Crippen LogP contribution < -0.4 is 22.5 Å². The third-order valence-corrected chi connectivity index (χ3v) is 3.91. The average molecular weight is 304 g/mol. The van der Waals surface area contributed by atoms with Crippen LogP contribution >= 0.6 is 0 Å². The van der Waals surface area contributed by atoms with E-state index in [0.29, 0.717) is 0 Å². The van der Waals surface area contributed by atoms with E-state index in [1.54, 1.807) is 0 Å². The van der Waals surface area contributed by atoms with Crippen LogP contribution in [0.15, 0.2) is 66.7 Å². The minimum Gasteiger partial charge on any atom is -0.324 e. The zero-order valence-electron chi connectivity index (χ0n) is 13.0. The van der Waals surface area contributed by atoms with Gasteiger partial charge in [0, 0.05) is 11.4 Å². The van der Waals surface area contributed by atoms with Crippen molar-refractivity contribution in [3.05, 3.63) is 72.3 Å². The van der Waals surface area contributed by atoms with E-state index in [9.17, 15) is 0 Å². The van der Waals surface area contributed by atoms with Gasteiger partial charge in [0.25, 0.3) is 0 Å². The molecule has 4 heteroatoms. The van der Waals surface area contributed by atoms with Crippen LogP contribution in [-0.2, 0) is 0 Å². The Kier molecular flexibility index (Phi) is 4.28. The highest BCUT2D eigenvalue weighted by Gasteiger charge is 2.09. The summed E-state index contributed by atoms with van der Waals surface area (Å²) < 4.78 is 0. The highest BCUT2D eigenvalue weighted by Crippen LogP contribution is 2.34. The van der Waals surface area contributed by atoms with Gasteiger partial charge in [0.1, 0.15) is 0 Å². The molecule has 0 heterocycles. The maximum Gasteiger partial charge on any atom is 0.0491 e. The van der Waals surface area contributed by atoms with Gasteiger partial charge in [-0.05, 0) is 53.4 Å². The van der Waals surface area contributed by atoms with Crippen molar-refractivity contribution in [2.24, 2.45) is 11.7 Å². The van der Waals surface area contributed by atoms with Gasteiger partial charge in [-0.3, -0.25) is 11.7 Å². The molecule has 0 spiro atoms. The monoisotopic (exact) mass is 304 g/mol. The molecular weight excluding hydrogens is 284 g/mol. The second kappa shape index (κ2) is 6.52. The van der Waals surface area contributed by atoms with Crippen LogP contribution in [0, 0.1) is 6.92 Å². The lowest BCUT2D eigenvalue weighted by atomic mass is 9.93. The second-order valence-electron chi connectivity index (χ2n) is 5.49. The summed E-state index contributed by atoms with van der Waals surface area (Å²) in [7, 11) is 0. The van der Waals surface area contributed by atoms with Gasteiger partial charge < -0.3 is 10.9 Å². The highest BCUT2D eigenvalue weighted by atomic mass is 15.2. The molecule has 0 unspecified atom stereocenters. The van der Waals surface area contributed by atoms with Gasteiger partial charge >= 0.3 is 0 Å². The van der Waals surface area contributed by atoms with Gasteiger partial charge in [-0.2, -0.15) is 0 Å². The topological polar surface area (TPSA) is 76.1 Å². The van der Waals surface area contributed by atoms with Crippen LogP contribution in [0.25, 0.3) is 22.3 Å². The first-order valence-corrected chi connectivity index (χ1v) is 7.46. The van der Waals surface area contributed by atoms with Crippen molar-refractivity contribution in [2.45, 2.75) is 6.92 Å². The maximum absolute atomic E-state index is 5.58. The van der Waals surface area contributed by atoms with E-state index in [2.05, 4.69) is 66.3 Å². The molecule has 0 radical (unpaired) electrons. The average Bonchev–Trinajstić information content (AvgIpc) is 2.62. The predicted molar refractivity (Wildman–Crippen MR) is 97.7 cm³/mol. The van der Waals surface area contributed by atoms with E-state index >= 15 is 0 Å². The van der Waals surface area contributed by atoms with Gasteiger partial charge in [0.15, 0.2) is 0 Å². The van der Waals surface area contributed by atoms with E-state index in [1.165, 1.54) is 5.56 Å². The fourth-order valence-corrected chi connectivity index (χ4v) is 2.60. The molecule has 0 saturated carbocycles. The first kappa shape index (κ1) is 15.1. The zero-order valence-corrected chi connectivity index (χ0v) is 13.0. The molecular formula is C19H20N4. The Labute approximate surface area is 136 Å². The molecule has 116 valence electrons. The van der Waals surface area contributed by atoms with Crippen LogP contribution in [0.5, 0.6) is 0 Å². The summed E-state index contributed by atoms with van der Waals surface area (Å²) in [5.41, 5.74) is 12.9. The molecule has 0 aromatic heterocycles. The lowest BCUT2D eigenvalue weighted by molar-refractivity contribution is 1.35. The standard InChI is InChI=1S/C19H20N4/c1-13-2-4-15(5-3-13)19-12-17(23-21)10-11-18(19)14-6-8-16(22-20)9-7-14/h2-12,22-23H,20-21H2,1H3. The van der Waals surface area contributed by atoms with Crippen molar-refractivity contribution in [2.75, 3.05) is 10.9 Å². The molecule has 0 aliphatic rings. The van der Waals surface area contributed by atoms with Gasteiger partial charge in [0.2, 0.25) is 0 Å². The number of rotatable bonds is 4. The van der Waals surface area contributed by atoms with Crippen LogP contribution in [0.1, 0.15) is 5.56 Å². The number of aryl methyl sites for hydroxylation is 1. The molecule has 0 aliphatic heterocycles. The normalized spacial score (nSPS) is 10.4. The van der Waals surface area contributed by atoms with Crippen LogP contribution in [0.2, 0.25) is 0 Å². The summed E-state index contributed by atoms with van der Waals surface area (Å²) in [6, 6.07) is 22.6. The molecule has 0 bridgehead atoms. The van der Waals surface area contributed by atoms with E-state index in [-0.39, 0.29) is 0 Å². The maximum atomic E-state index is 5.58. The lowest BCUT2D eigenvalue weighted by Crippen LogP contribution is -2.07. The Hall–Kier alpha value is -2.82. The van der Waals surface area contributed by atoms with Crippen LogP contribution in [0.4, 0.5) is 11.4 Å². The predicted octanol–water partition coefficient (Wildman–Crippen LogP) is 3.90. The highest BCUT2D eigenvalue weighted by molar-refractivity contribution is 5.86. The molecule has 0 fully saturated rings. The summed E-state index contributed by atoms with van der Waals surface area (Å²) >= 11 is 0. The molecule has 6 N–H and O–H groups in total. The van der Waals surface area contributed by atoms with Gasteiger partial charge in [-0.1, -0.05) is 48.0 Å². The molecule has 3 rings (SSSR count). The number of nitrogens with one attached hydrogen (secondary N) is 2. The molecule has 0 saturated heterocycles. The number of anilines is 2. The second-order valence-corrected chi connectivity index (χ2v) is 5.49. The van der Waals surface area contributed by atoms with Crippen molar-refractivity contribution in [3.8, 4) is 22.3 Å². The Morgan fingerprint density at radius 2 is 1.13 bits per heavy atom. The van der Waals surface area contributed by atoms with Gasteiger partial charge in [0.05, 0.1) is 0 Å². The Balaban J connectivity index is 2.13. The number of benzene rings is 3. The number of hydrogen-bond acceptors (Lipinski definition) is 4. The van der Waals surface area contributed by atoms with Crippen LogP contribution in [-0.4, -0.2) is 0 Å². The van der Waals surface area contributed by atoms with Gasteiger partial charge in [-0.15, -0.1) is 0 Å². The third-order valence-electron chi connectivity index (χ3n) is 3.91. The quantitative estimate of drug-likeness (QED) is 0.435. The van der Waals surface area contributed by atoms with E-state index < -0.39 is 0 Å². The minimum atomic E-state index is 0.879. The smallest absolute Gasteiger partial charge is 0.0491 e. The van der Waals surface area contributed by atoms with E-state index in [4.69, 9.17) is 11.7 Å². The fourth-order valence-electron chi connectivity index (χ4n) is 2.60. The van der Waals surface area contributed by atoms with Crippen molar-refractivity contribution < 1.29 is 0 Å². The number of nitrogens with two attached hydrogens (primary N) is 2. The Bertz CT molecular complexity index is 793. The summed E-state index contributed by atoms with van der Waals surface area (Å²) in [5.74, 6) is 11.0. The molecule has 4 nitrogen and oxygen atoms in total. The summed E-state index contributed by atoms with van der Waals surface area (Å²) in [6.45, 7) is 2.08. The van der Waals surface area contributed by atoms with Gasteiger partial charge in [-0.25, -0.2) is 0 Å². The first-order valence-electron chi connectivity index (χ1n) is 7.46. The Morgan fingerprint density at radius 1 is 0.609 bits per heavy atom. The first-order chi connectivity index (χ1) is 11.2. The Morgan fingerprint density at radius 3 is 1.74 bits per heavy atom. The summed E-state index contributed by atoms with van der Waals surface area (Å²) in [6.07, 6.45) is 0. The molecule has 0 amide bonds. The third kappa shape index (κ3) is 3.18. The van der Waals surface area contributed by atoms with Crippen molar-refractivity contribution in [1.29, 1.82) is 0 Å². The largest absolute Gasteiger partial charge is 0.324 e. The molecule has 0 aliphatic carbocycles. The fraction of sp³-hybridized carbons (Fsp3) is 0.0526. The van der Waals surface area contributed by atoms with Crippen LogP contribution in [0.3, 0.4) is 0 Å². The number of hydrazine groups is 2. The van der Waals surface area contributed by atoms with Crippen molar-refractivity contribution in [3.63, 3.8) is 0 Å². The van der Waals surface area contributed by atoms with Crippen molar-refractivity contribution >= 4 is 11.4 Å². The molecule has 0 atom stereocenters. The van der Waals surface area contributed by atoms with Crippen molar-refractivity contribution in [1.82, 2.24) is 0 Å². The molecule has 23 heavy (non-hydrogen) atoms. The number of nitrogen functional groups attached to an aromatic ring is 2. The summed E-state index contributed by atoms with van der Waals surface area (Å²) in [5, 5.41) is 0. The van der Waals surface area contributed by atoms with E-state index in [1.807, 2.05) is 18.2 Å². The molecule has 3 aromatic rings. The molecule has 3 aromatic carbocycles. The minimum absolute atomic E-state index is 0.879. The lowest BCUT2D eigenvalue weighted by Gasteiger charge is -2.13. The number of hydrogen-bond donors (Lipinski definition) is 4.